The largest absolute Gasteiger partial charge is 0.443 e. The normalized spacial score (nSPS) is 11.0. The first kappa shape index (κ1) is 16.3. The van der Waals surface area contributed by atoms with Gasteiger partial charge in [-0.05, 0) is 38.1 Å². The SMILES string of the molecule is Cc1oc2ncn(CCC(=O)Nc3ccc(Cl)cc3)c(=O)c2c1C. The quantitative estimate of drug-likeness (QED) is 0.787. The second-order valence-corrected chi connectivity index (χ2v) is 5.95. The monoisotopic (exact) mass is 345 g/mol. The van der Waals surface area contributed by atoms with Gasteiger partial charge in [-0.25, -0.2) is 4.98 Å². The topological polar surface area (TPSA) is 77.1 Å². The van der Waals surface area contributed by atoms with Gasteiger partial charge in [0.15, 0.2) is 0 Å². The summed E-state index contributed by atoms with van der Waals surface area (Å²) in [6, 6.07) is 6.84. The van der Waals surface area contributed by atoms with Crippen molar-refractivity contribution in [2.75, 3.05) is 5.32 Å². The highest BCUT2D eigenvalue weighted by Gasteiger charge is 2.14. The van der Waals surface area contributed by atoms with E-state index >= 15 is 0 Å². The maximum absolute atomic E-state index is 12.5. The van der Waals surface area contributed by atoms with Crippen molar-refractivity contribution in [3.8, 4) is 0 Å². The van der Waals surface area contributed by atoms with Crippen molar-refractivity contribution in [3.63, 3.8) is 0 Å². The maximum Gasteiger partial charge on any atom is 0.264 e. The highest BCUT2D eigenvalue weighted by atomic mass is 35.5. The van der Waals surface area contributed by atoms with E-state index in [1.165, 1.54) is 10.9 Å². The molecule has 2 heterocycles. The summed E-state index contributed by atoms with van der Waals surface area (Å²) in [7, 11) is 0. The lowest BCUT2D eigenvalue weighted by Gasteiger charge is -2.07. The number of amides is 1. The number of aromatic nitrogens is 2. The van der Waals surface area contributed by atoms with Crippen molar-refractivity contribution < 1.29 is 9.21 Å². The molecule has 0 unspecified atom stereocenters. The molecular formula is C17H16ClN3O3. The molecule has 3 rings (SSSR count). The third-order valence-electron chi connectivity index (χ3n) is 3.86. The van der Waals surface area contributed by atoms with E-state index in [1.807, 2.05) is 6.92 Å². The maximum atomic E-state index is 12.5. The zero-order valence-corrected chi connectivity index (χ0v) is 14.1. The summed E-state index contributed by atoms with van der Waals surface area (Å²) in [6.07, 6.45) is 1.56. The summed E-state index contributed by atoms with van der Waals surface area (Å²) >= 11 is 5.80. The molecule has 1 N–H and O–H groups in total. The molecule has 2 aromatic heterocycles. The Balaban J connectivity index is 1.72. The Bertz CT molecular complexity index is 958. The first-order chi connectivity index (χ1) is 11.5. The van der Waals surface area contributed by atoms with Gasteiger partial charge in [0.25, 0.3) is 5.56 Å². The van der Waals surface area contributed by atoms with Crippen LogP contribution in [0, 0.1) is 13.8 Å². The van der Waals surface area contributed by atoms with Gasteiger partial charge in [0, 0.05) is 29.2 Å². The minimum atomic E-state index is -0.200. The number of carbonyl (C=O) groups excluding carboxylic acids is 1. The van der Waals surface area contributed by atoms with E-state index in [4.69, 9.17) is 16.0 Å². The molecule has 124 valence electrons. The number of nitrogens with one attached hydrogen (secondary N) is 1. The fourth-order valence-corrected chi connectivity index (χ4v) is 2.53. The second-order valence-electron chi connectivity index (χ2n) is 5.51. The number of carbonyl (C=O) groups is 1. The number of anilines is 1. The molecule has 0 spiro atoms. The minimum absolute atomic E-state index is 0.158. The number of nitrogens with zero attached hydrogens (tertiary/aromatic N) is 2. The van der Waals surface area contributed by atoms with Gasteiger partial charge in [-0.15, -0.1) is 0 Å². The van der Waals surface area contributed by atoms with E-state index in [-0.39, 0.29) is 24.4 Å². The highest BCUT2D eigenvalue weighted by molar-refractivity contribution is 6.30. The minimum Gasteiger partial charge on any atom is -0.443 e. The lowest BCUT2D eigenvalue weighted by atomic mass is 10.2. The summed E-state index contributed by atoms with van der Waals surface area (Å²) in [4.78, 5) is 28.7. The van der Waals surface area contributed by atoms with Crippen molar-refractivity contribution in [3.05, 3.63) is 57.3 Å². The fourth-order valence-electron chi connectivity index (χ4n) is 2.41. The third-order valence-corrected chi connectivity index (χ3v) is 4.12. The number of furan rings is 1. The zero-order valence-electron chi connectivity index (χ0n) is 13.3. The van der Waals surface area contributed by atoms with Crippen molar-refractivity contribution in [2.24, 2.45) is 0 Å². The summed E-state index contributed by atoms with van der Waals surface area (Å²) in [6.45, 7) is 3.85. The summed E-state index contributed by atoms with van der Waals surface area (Å²) in [5.74, 6) is 0.484. The predicted molar refractivity (Wildman–Crippen MR) is 92.4 cm³/mol. The molecule has 1 amide bonds. The van der Waals surface area contributed by atoms with Crippen molar-refractivity contribution in [1.82, 2.24) is 9.55 Å². The lowest BCUT2D eigenvalue weighted by Crippen LogP contribution is -2.23. The van der Waals surface area contributed by atoms with E-state index in [0.29, 0.717) is 27.6 Å². The number of hydrogen-bond acceptors (Lipinski definition) is 4. The lowest BCUT2D eigenvalue weighted by molar-refractivity contribution is -0.116. The number of benzene rings is 1. The van der Waals surface area contributed by atoms with Crippen LogP contribution in [-0.4, -0.2) is 15.5 Å². The van der Waals surface area contributed by atoms with Gasteiger partial charge in [0.1, 0.15) is 17.5 Å². The molecule has 0 aliphatic heterocycles. The Morgan fingerprint density at radius 2 is 2.00 bits per heavy atom. The van der Waals surface area contributed by atoms with E-state index in [2.05, 4.69) is 10.3 Å². The first-order valence-corrected chi connectivity index (χ1v) is 7.84. The molecule has 0 saturated heterocycles. The average molecular weight is 346 g/mol. The van der Waals surface area contributed by atoms with Gasteiger partial charge in [0.05, 0.1) is 0 Å². The van der Waals surface area contributed by atoms with Crippen LogP contribution in [0.3, 0.4) is 0 Å². The van der Waals surface area contributed by atoms with Gasteiger partial charge in [0.2, 0.25) is 11.6 Å². The number of halogens is 1. The number of rotatable bonds is 4. The van der Waals surface area contributed by atoms with Crippen LogP contribution in [0.2, 0.25) is 5.02 Å². The highest BCUT2D eigenvalue weighted by Crippen LogP contribution is 2.19. The average Bonchev–Trinajstić information content (AvgIpc) is 2.84. The third kappa shape index (κ3) is 3.19. The van der Waals surface area contributed by atoms with E-state index in [1.54, 1.807) is 31.2 Å². The standard InChI is InChI=1S/C17H16ClN3O3/c1-10-11(2)24-16-15(10)17(23)21(9-19-16)8-7-14(22)20-13-5-3-12(18)4-6-13/h3-6,9H,7-8H2,1-2H3,(H,20,22). The molecule has 0 aliphatic rings. The van der Waals surface area contributed by atoms with Gasteiger partial charge in [-0.2, -0.15) is 0 Å². The second kappa shape index (κ2) is 6.49. The summed E-state index contributed by atoms with van der Waals surface area (Å²) < 4.78 is 6.86. The van der Waals surface area contributed by atoms with Crippen LogP contribution in [0.1, 0.15) is 17.7 Å². The predicted octanol–water partition coefficient (Wildman–Crippen LogP) is 3.29. The van der Waals surface area contributed by atoms with E-state index < -0.39 is 0 Å². The van der Waals surface area contributed by atoms with Gasteiger partial charge in [-0.3, -0.25) is 14.2 Å². The first-order valence-electron chi connectivity index (χ1n) is 7.46. The van der Waals surface area contributed by atoms with Crippen LogP contribution in [0.15, 0.2) is 39.8 Å². The molecule has 6 nitrogen and oxygen atoms in total. The van der Waals surface area contributed by atoms with E-state index in [9.17, 15) is 9.59 Å². The molecule has 0 atom stereocenters. The molecule has 0 saturated carbocycles. The summed E-state index contributed by atoms with van der Waals surface area (Å²) in [5.41, 5.74) is 1.57. The number of hydrogen-bond donors (Lipinski definition) is 1. The van der Waals surface area contributed by atoms with Crippen LogP contribution in [0.4, 0.5) is 5.69 Å². The van der Waals surface area contributed by atoms with Gasteiger partial charge in [-0.1, -0.05) is 11.6 Å². The Labute approximate surface area is 143 Å². The Hall–Kier alpha value is -2.60. The number of fused-ring (bicyclic) bond motifs is 1. The van der Waals surface area contributed by atoms with Crippen LogP contribution in [0.5, 0.6) is 0 Å². The Morgan fingerprint density at radius 3 is 2.71 bits per heavy atom. The number of aryl methyl sites for hydroxylation is 3. The van der Waals surface area contributed by atoms with Gasteiger partial charge < -0.3 is 9.73 Å². The molecule has 7 heteroatoms. The smallest absolute Gasteiger partial charge is 0.264 e. The summed E-state index contributed by atoms with van der Waals surface area (Å²) in [5, 5.41) is 3.83. The molecule has 0 fully saturated rings. The van der Waals surface area contributed by atoms with Crippen LogP contribution < -0.4 is 10.9 Å². The Kier molecular flexibility index (Phi) is 4.40. The van der Waals surface area contributed by atoms with Crippen LogP contribution >= 0.6 is 11.6 Å². The van der Waals surface area contributed by atoms with E-state index in [0.717, 1.165) is 5.56 Å². The molecule has 0 aliphatic carbocycles. The molecule has 0 bridgehead atoms. The molecule has 3 aromatic rings. The molecule has 24 heavy (non-hydrogen) atoms. The van der Waals surface area contributed by atoms with Crippen molar-refractivity contribution >= 4 is 34.3 Å². The zero-order chi connectivity index (χ0) is 17.3. The van der Waals surface area contributed by atoms with Gasteiger partial charge >= 0.3 is 0 Å². The fraction of sp³-hybridized carbons (Fsp3) is 0.235. The molecule has 1 aromatic carbocycles. The molecular weight excluding hydrogens is 330 g/mol. The van der Waals surface area contributed by atoms with Crippen molar-refractivity contribution in [2.45, 2.75) is 26.8 Å². The van der Waals surface area contributed by atoms with Crippen LogP contribution in [0.25, 0.3) is 11.1 Å². The van der Waals surface area contributed by atoms with Crippen molar-refractivity contribution in [1.29, 1.82) is 0 Å². The van der Waals surface area contributed by atoms with Crippen LogP contribution in [-0.2, 0) is 11.3 Å². The Morgan fingerprint density at radius 1 is 1.29 bits per heavy atom. The molecule has 0 radical (unpaired) electrons.